The van der Waals surface area contributed by atoms with Crippen LogP contribution in [0.4, 0.5) is 42.0 Å². The van der Waals surface area contributed by atoms with Crippen molar-refractivity contribution in [3.05, 3.63) is 59.3 Å². The van der Waals surface area contributed by atoms with Crippen LogP contribution < -0.4 is 25.6 Å². The molecule has 2 aromatic carbocycles. The van der Waals surface area contributed by atoms with Gasteiger partial charge >= 0.3 is 6.18 Å². The molecule has 0 aliphatic carbocycles. The Morgan fingerprint density at radius 1 is 1.12 bits per heavy atom. The van der Waals surface area contributed by atoms with Crippen LogP contribution in [0.25, 0.3) is 0 Å². The quantitative estimate of drug-likeness (QED) is 0.303. The molecule has 3 aromatic rings. The van der Waals surface area contributed by atoms with Crippen molar-refractivity contribution in [2.75, 3.05) is 74.3 Å². The molecular weight excluding hydrogens is 625 g/mol. The van der Waals surface area contributed by atoms with Crippen molar-refractivity contribution in [2.45, 2.75) is 44.8 Å². The molecule has 0 spiro atoms. The highest BCUT2D eigenvalue weighted by atomic mass is 19.4. The van der Waals surface area contributed by atoms with Gasteiger partial charge in [0.2, 0.25) is 17.8 Å². The number of benzene rings is 2. The summed E-state index contributed by atoms with van der Waals surface area (Å²) in [5.74, 6) is 0.136. The van der Waals surface area contributed by atoms with Gasteiger partial charge in [-0.2, -0.15) is 18.2 Å². The number of halogens is 3. The zero-order chi connectivity index (χ0) is 34.2. The number of ether oxygens (including phenoxy) is 1. The molecule has 4 heterocycles. The van der Waals surface area contributed by atoms with Crippen molar-refractivity contribution in [3.63, 3.8) is 0 Å². The normalized spacial score (nSPS) is 19.5. The summed E-state index contributed by atoms with van der Waals surface area (Å²) in [6.45, 7) is 8.02. The zero-order valence-corrected chi connectivity index (χ0v) is 27.6. The molecule has 0 bridgehead atoms. The Kier molecular flexibility index (Phi) is 9.12. The first-order valence-corrected chi connectivity index (χ1v) is 16.1. The maximum Gasteiger partial charge on any atom is 0.421 e. The smallest absolute Gasteiger partial charge is 0.421 e. The largest absolute Gasteiger partial charge is 0.494 e. The van der Waals surface area contributed by atoms with E-state index in [0.29, 0.717) is 48.9 Å². The third-order valence-corrected chi connectivity index (χ3v) is 9.49. The molecular formula is C34H41F3N8O3. The minimum absolute atomic E-state index is 0.00960. The van der Waals surface area contributed by atoms with Gasteiger partial charge in [-0.05, 0) is 69.6 Å². The van der Waals surface area contributed by atoms with Gasteiger partial charge in [0.25, 0.3) is 0 Å². The van der Waals surface area contributed by atoms with Crippen molar-refractivity contribution in [2.24, 2.45) is 5.92 Å². The molecule has 6 rings (SSSR count). The van der Waals surface area contributed by atoms with Crippen LogP contribution in [0.3, 0.4) is 0 Å². The fourth-order valence-electron chi connectivity index (χ4n) is 6.86. The molecule has 11 nitrogen and oxygen atoms in total. The molecule has 1 unspecified atom stereocenters. The predicted octanol–water partition coefficient (Wildman–Crippen LogP) is 5.08. The molecule has 0 saturated carbocycles. The number of amides is 2. The number of rotatable bonds is 8. The second-order valence-corrected chi connectivity index (χ2v) is 13.1. The van der Waals surface area contributed by atoms with E-state index in [9.17, 15) is 22.8 Å². The maximum atomic E-state index is 14.0. The highest BCUT2D eigenvalue weighted by molar-refractivity contribution is 6.06. The lowest BCUT2D eigenvalue weighted by Crippen LogP contribution is -2.52. The molecule has 14 heteroatoms. The Hall–Kier alpha value is -4.59. The van der Waals surface area contributed by atoms with E-state index in [-0.39, 0.29) is 30.2 Å². The number of nitrogens with zero attached hydrogens (tertiary/aromatic N) is 5. The van der Waals surface area contributed by atoms with Crippen LogP contribution in [0, 0.1) is 5.92 Å². The summed E-state index contributed by atoms with van der Waals surface area (Å²) in [6.07, 6.45) is -1.98. The van der Waals surface area contributed by atoms with Crippen molar-refractivity contribution in [1.82, 2.24) is 19.8 Å². The molecule has 0 radical (unpaired) electrons. The number of aromatic nitrogens is 2. The van der Waals surface area contributed by atoms with Crippen LogP contribution in [0.15, 0.2) is 42.6 Å². The van der Waals surface area contributed by atoms with E-state index in [2.05, 4.69) is 42.8 Å². The number of piperazine rings is 1. The summed E-state index contributed by atoms with van der Waals surface area (Å²) >= 11 is 0. The number of piperidine rings is 1. The molecule has 2 amide bonds. The molecule has 3 aliphatic heterocycles. The van der Waals surface area contributed by atoms with Crippen molar-refractivity contribution < 1.29 is 27.5 Å². The van der Waals surface area contributed by atoms with Gasteiger partial charge in [0.15, 0.2) is 0 Å². The summed E-state index contributed by atoms with van der Waals surface area (Å²) < 4.78 is 47.6. The molecule has 2 fully saturated rings. The average Bonchev–Trinajstić information content (AvgIpc) is 3.30. The highest BCUT2D eigenvalue weighted by Crippen LogP contribution is 2.41. The first-order chi connectivity index (χ1) is 22.8. The third-order valence-electron chi connectivity index (χ3n) is 9.49. The zero-order valence-electron chi connectivity index (χ0n) is 27.6. The molecule has 1 aromatic heterocycles. The van der Waals surface area contributed by atoms with Crippen molar-refractivity contribution in [3.8, 4) is 5.75 Å². The van der Waals surface area contributed by atoms with E-state index in [4.69, 9.17) is 4.74 Å². The second-order valence-electron chi connectivity index (χ2n) is 13.1. The minimum Gasteiger partial charge on any atom is -0.494 e. The van der Waals surface area contributed by atoms with Gasteiger partial charge in [0.05, 0.1) is 24.1 Å². The Morgan fingerprint density at radius 3 is 2.60 bits per heavy atom. The van der Waals surface area contributed by atoms with Gasteiger partial charge in [0, 0.05) is 62.9 Å². The molecule has 2 saturated heterocycles. The predicted molar refractivity (Wildman–Crippen MR) is 178 cm³/mol. The Balaban J connectivity index is 1.16. The van der Waals surface area contributed by atoms with Gasteiger partial charge in [0.1, 0.15) is 17.1 Å². The van der Waals surface area contributed by atoms with Gasteiger partial charge in [-0.3, -0.25) is 9.59 Å². The lowest BCUT2D eigenvalue weighted by molar-refractivity contribution is -0.138. The fraction of sp³-hybridized carbons (Fsp3) is 0.471. The van der Waals surface area contributed by atoms with Crippen LogP contribution in [0.2, 0.25) is 0 Å². The van der Waals surface area contributed by atoms with E-state index >= 15 is 0 Å². The lowest BCUT2D eigenvalue weighted by atomic mass is 9.83. The van der Waals surface area contributed by atoms with E-state index in [1.165, 1.54) is 7.11 Å². The van der Waals surface area contributed by atoms with Crippen LogP contribution in [-0.4, -0.2) is 85.0 Å². The Bertz CT molecular complexity index is 1690. The monoisotopic (exact) mass is 666 g/mol. The summed E-state index contributed by atoms with van der Waals surface area (Å²) in [4.78, 5) is 40.2. The number of methoxy groups -OCH3 is 1. The highest BCUT2D eigenvalue weighted by Gasteiger charge is 2.40. The van der Waals surface area contributed by atoms with Crippen LogP contribution in [-0.2, 0) is 27.7 Å². The van der Waals surface area contributed by atoms with E-state index in [0.717, 1.165) is 43.4 Å². The minimum atomic E-state index is -4.70. The topological polar surface area (TPSA) is 115 Å². The Morgan fingerprint density at radius 2 is 1.90 bits per heavy atom. The number of hydrogen-bond acceptors (Lipinski definition) is 9. The van der Waals surface area contributed by atoms with Crippen LogP contribution in [0.5, 0.6) is 5.75 Å². The van der Waals surface area contributed by atoms with Crippen LogP contribution >= 0.6 is 0 Å². The fourth-order valence-corrected chi connectivity index (χ4v) is 6.86. The summed E-state index contributed by atoms with van der Waals surface area (Å²) in [7, 11) is 3.57. The van der Waals surface area contributed by atoms with Gasteiger partial charge in [-0.15, -0.1) is 0 Å². The first-order valence-electron chi connectivity index (χ1n) is 16.1. The molecule has 256 valence electrons. The third kappa shape index (κ3) is 6.71. The van der Waals surface area contributed by atoms with Gasteiger partial charge < -0.3 is 35.4 Å². The lowest BCUT2D eigenvalue weighted by Gasteiger charge is -2.39. The number of likely N-dealkylation sites (tertiary alicyclic amines) is 1. The number of carbonyl (C=O) groups excluding carboxylic acids is 2. The standard InChI is InChI=1S/C34H41F3N8O3/c1-33(2)28-21(7-5-9-26(28)40-31(33)47)18-38-29-24(34(35,36)37)19-39-32(42-29)41-25-11-10-23(17-27(25)48-4)44-13-15-45(16-14-44)30(46)22-8-6-12-43(3)20-22/h5,7,9-11,17,19,22H,6,8,12-16,18,20H2,1-4H3,(H,40,47)(H2,38,39,41,42). The first kappa shape index (κ1) is 33.3. The number of carbonyl (C=O) groups is 2. The van der Waals surface area contributed by atoms with E-state index < -0.39 is 23.0 Å². The summed E-state index contributed by atoms with van der Waals surface area (Å²) in [6, 6.07) is 10.8. The average molecular weight is 667 g/mol. The molecule has 1 atom stereocenters. The second kappa shape index (κ2) is 13.1. The maximum absolute atomic E-state index is 14.0. The number of hydrogen-bond donors (Lipinski definition) is 3. The van der Waals surface area contributed by atoms with Crippen molar-refractivity contribution in [1.29, 1.82) is 0 Å². The number of anilines is 5. The number of fused-ring (bicyclic) bond motifs is 1. The summed E-state index contributed by atoms with van der Waals surface area (Å²) in [5, 5.41) is 8.69. The molecule has 3 aliphatic rings. The molecule has 48 heavy (non-hydrogen) atoms. The van der Waals surface area contributed by atoms with Crippen molar-refractivity contribution >= 4 is 40.6 Å². The van der Waals surface area contributed by atoms with E-state index in [1.54, 1.807) is 38.1 Å². The number of nitrogens with one attached hydrogen (secondary N) is 3. The molecule has 3 N–H and O–H groups in total. The number of alkyl halides is 3. The van der Waals surface area contributed by atoms with Gasteiger partial charge in [-0.25, -0.2) is 4.98 Å². The summed E-state index contributed by atoms with van der Waals surface area (Å²) in [5.41, 5.74) is 1.60. The van der Waals surface area contributed by atoms with Crippen LogP contribution in [0.1, 0.15) is 43.4 Å². The SMILES string of the molecule is COc1cc(N2CCN(C(=O)C3CCCN(C)C3)CC2)ccc1Nc1ncc(C(F)(F)F)c(NCc2cccc3c2C(C)(C)C(=O)N3)n1. The van der Waals surface area contributed by atoms with E-state index in [1.807, 2.05) is 17.0 Å². The Labute approximate surface area is 277 Å². The van der Waals surface area contributed by atoms with Gasteiger partial charge in [-0.1, -0.05) is 12.1 Å².